The summed E-state index contributed by atoms with van der Waals surface area (Å²) < 4.78 is 32.0. The third-order valence-electron chi connectivity index (χ3n) is 3.03. The number of benzene rings is 1. The van der Waals surface area contributed by atoms with Gasteiger partial charge in [0, 0.05) is 34.0 Å². The van der Waals surface area contributed by atoms with Gasteiger partial charge in [-0.3, -0.25) is 0 Å². The molecule has 1 aromatic heterocycles. The van der Waals surface area contributed by atoms with E-state index in [1.165, 1.54) is 4.88 Å². The van der Waals surface area contributed by atoms with E-state index in [4.69, 9.17) is 4.74 Å². The van der Waals surface area contributed by atoms with Crippen molar-refractivity contribution in [2.24, 2.45) is 0 Å². The molecule has 0 aliphatic heterocycles. The van der Waals surface area contributed by atoms with Crippen molar-refractivity contribution in [3.05, 3.63) is 51.2 Å². The normalized spacial score (nSPS) is 11.1. The molecule has 2 nitrogen and oxygen atoms in total. The molecule has 0 saturated carbocycles. The average molecular weight is 311 g/mol. The van der Waals surface area contributed by atoms with E-state index < -0.39 is 11.6 Å². The van der Waals surface area contributed by atoms with Crippen molar-refractivity contribution >= 4 is 11.3 Å². The average Bonchev–Trinajstić information content (AvgIpc) is 2.78. The highest BCUT2D eigenvalue weighted by atomic mass is 32.1. The lowest BCUT2D eigenvalue weighted by atomic mass is 10.2. The van der Waals surface area contributed by atoms with E-state index in [1.54, 1.807) is 11.3 Å². The van der Waals surface area contributed by atoms with Gasteiger partial charge in [0.1, 0.15) is 12.4 Å². The molecule has 1 heterocycles. The highest BCUT2D eigenvalue weighted by molar-refractivity contribution is 7.12. The Morgan fingerprint density at radius 1 is 1.24 bits per heavy atom. The fraction of sp³-hybridized carbons (Fsp3) is 0.375. The molecule has 0 atom stereocenters. The van der Waals surface area contributed by atoms with Crippen LogP contribution in [0.1, 0.15) is 29.2 Å². The first-order valence-corrected chi connectivity index (χ1v) is 7.66. The minimum atomic E-state index is -0.550. The number of rotatable bonds is 6. The van der Waals surface area contributed by atoms with E-state index in [0.717, 1.165) is 35.2 Å². The van der Waals surface area contributed by atoms with Gasteiger partial charge in [-0.05, 0) is 25.1 Å². The van der Waals surface area contributed by atoms with E-state index in [0.29, 0.717) is 6.04 Å². The molecule has 5 heteroatoms. The van der Waals surface area contributed by atoms with Crippen LogP contribution in [-0.4, -0.2) is 6.04 Å². The summed E-state index contributed by atoms with van der Waals surface area (Å²) in [5.41, 5.74) is 1.00. The zero-order chi connectivity index (χ0) is 15.4. The van der Waals surface area contributed by atoms with Crippen molar-refractivity contribution in [3.8, 4) is 5.75 Å². The Hall–Kier alpha value is -1.46. The fourth-order valence-corrected chi connectivity index (χ4v) is 2.86. The van der Waals surface area contributed by atoms with Crippen LogP contribution in [0.3, 0.4) is 0 Å². The van der Waals surface area contributed by atoms with Crippen molar-refractivity contribution < 1.29 is 13.5 Å². The van der Waals surface area contributed by atoms with Gasteiger partial charge < -0.3 is 10.1 Å². The van der Waals surface area contributed by atoms with Crippen molar-refractivity contribution in [3.63, 3.8) is 0 Å². The molecule has 0 unspecified atom stereocenters. The second kappa shape index (κ2) is 7.00. The quantitative estimate of drug-likeness (QED) is 0.853. The molecule has 2 aromatic rings. The highest BCUT2D eigenvalue weighted by Gasteiger charge is 2.09. The molecule has 21 heavy (non-hydrogen) atoms. The standard InChI is InChI=1S/C16H19F2NOS/c1-10(2)19-8-14-6-12(11(3)21-14)9-20-16-7-13(17)4-5-15(16)18/h4-7,10,19H,8-9H2,1-3H3. The molecule has 0 spiro atoms. The van der Waals surface area contributed by atoms with Gasteiger partial charge in [-0.15, -0.1) is 11.3 Å². The number of ether oxygens (including phenoxy) is 1. The summed E-state index contributed by atoms with van der Waals surface area (Å²) in [4.78, 5) is 2.34. The van der Waals surface area contributed by atoms with Crippen LogP contribution >= 0.6 is 11.3 Å². The SMILES string of the molecule is Cc1sc(CNC(C)C)cc1COc1cc(F)ccc1F. The van der Waals surface area contributed by atoms with E-state index in [-0.39, 0.29) is 12.4 Å². The molecule has 0 radical (unpaired) electrons. The molecule has 1 aromatic carbocycles. The topological polar surface area (TPSA) is 21.3 Å². The predicted octanol–water partition coefficient (Wildman–Crippen LogP) is 4.41. The minimum absolute atomic E-state index is 0.0533. The number of hydrogen-bond acceptors (Lipinski definition) is 3. The molecular formula is C16H19F2NOS. The first kappa shape index (κ1) is 15.9. The zero-order valence-corrected chi connectivity index (χ0v) is 13.2. The number of aryl methyl sites for hydroxylation is 1. The second-order valence-electron chi connectivity index (χ2n) is 5.19. The van der Waals surface area contributed by atoms with E-state index in [1.807, 2.05) is 13.0 Å². The number of thiophene rings is 1. The van der Waals surface area contributed by atoms with Gasteiger partial charge in [0.2, 0.25) is 0 Å². The maximum absolute atomic E-state index is 13.5. The largest absolute Gasteiger partial charge is 0.486 e. The third-order valence-corrected chi connectivity index (χ3v) is 4.13. The Labute approximate surface area is 127 Å². The summed E-state index contributed by atoms with van der Waals surface area (Å²) >= 11 is 1.69. The summed E-state index contributed by atoms with van der Waals surface area (Å²) in [7, 11) is 0. The van der Waals surface area contributed by atoms with Gasteiger partial charge in [0.15, 0.2) is 11.6 Å². The zero-order valence-electron chi connectivity index (χ0n) is 12.4. The Morgan fingerprint density at radius 3 is 2.71 bits per heavy atom. The van der Waals surface area contributed by atoms with Crippen LogP contribution in [0.25, 0.3) is 0 Å². The molecule has 114 valence electrons. The number of halogens is 2. The molecule has 0 saturated heterocycles. The van der Waals surface area contributed by atoms with Gasteiger partial charge in [-0.2, -0.15) is 0 Å². The lowest BCUT2D eigenvalue weighted by Gasteiger charge is -2.07. The summed E-state index contributed by atoms with van der Waals surface area (Å²) in [5.74, 6) is -1.11. The summed E-state index contributed by atoms with van der Waals surface area (Å²) in [6, 6.07) is 5.69. The highest BCUT2D eigenvalue weighted by Crippen LogP contribution is 2.25. The van der Waals surface area contributed by atoms with Gasteiger partial charge in [-0.25, -0.2) is 8.78 Å². The molecule has 0 fully saturated rings. The molecular weight excluding hydrogens is 292 g/mol. The molecule has 2 rings (SSSR count). The third kappa shape index (κ3) is 4.51. The fourth-order valence-electron chi connectivity index (χ4n) is 1.87. The summed E-state index contributed by atoms with van der Waals surface area (Å²) in [5, 5.41) is 3.35. The van der Waals surface area contributed by atoms with Gasteiger partial charge >= 0.3 is 0 Å². The van der Waals surface area contributed by atoms with Gasteiger partial charge in [-0.1, -0.05) is 13.8 Å². The molecule has 0 aliphatic rings. The first-order chi connectivity index (χ1) is 9.95. The Bertz CT molecular complexity index is 610. The van der Waals surface area contributed by atoms with Crippen molar-refractivity contribution in [1.29, 1.82) is 0 Å². The van der Waals surface area contributed by atoms with Crippen LogP contribution in [0.5, 0.6) is 5.75 Å². The van der Waals surface area contributed by atoms with Crippen molar-refractivity contribution in [1.82, 2.24) is 5.32 Å². The summed E-state index contributed by atoms with van der Waals surface area (Å²) in [6.45, 7) is 7.24. The van der Waals surface area contributed by atoms with E-state index >= 15 is 0 Å². The minimum Gasteiger partial charge on any atom is -0.486 e. The van der Waals surface area contributed by atoms with Crippen LogP contribution in [0.2, 0.25) is 0 Å². The number of hydrogen-bond donors (Lipinski definition) is 1. The van der Waals surface area contributed by atoms with Gasteiger partial charge in [0.05, 0.1) is 0 Å². The molecule has 0 amide bonds. The molecule has 0 aliphatic carbocycles. The van der Waals surface area contributed by atoms with E-state index in [9.17, 15) is 8.78 Å². The lowest BCUT2D eigenvalue weighted by molar-refractivity contribution is 0.288. The number of nitrogens with one attached hydrogen (secondary N) is 1. The van der Waals surface area contributed by atoms with Crippen LogP contribution in [0.15, 0.2) is 24.3 Å². The van der Waals surface area contributed by atoms with Crippen LogP contribution in [-0.2, 0) is 13.2 Å². The van der Waals surface area contributed by atoms with Crippen LogP contribution in [0, 0.1) is 18.6 Å². The maximum Gasteiger partial charge on any atom is 0.165 e. The maximum atomic E-state index is 13.5. The molecule has 1 N–H and O–H groups in total. The Kier molecular flexibility index (Phi) is 5.31. The molecule has 0 bridgehead atoms. The Morgan fingerprint density at radius 2 is 2.00 bits per heavy atom. The lowest BCUT2D eigenvalue weighted by Crippen LogP contribution is -2.21. The van der Waals surface area contributed by atoms with Crippen LogP contribution < -0.4 is 10.1 Å². The predicted molar refractivity (Wildman–Crippen MR) is 81.7 cm³/mol. The Balaban J connectivity index is 2.01. The smallest absolute Gasteiger partial charge is 0.165 e. The van der Waals surface area contributed by atoms with Gasteiger partial charge in [0.25, 0.3) is 0 Å². The second-order valence-corrected chi connectivity index (χ2v) is 6.53. The van der Waals surface area contributed by atoms with Crippen LogP contribution in [0.4, 0.5) is 8.78 Å². The first-order valence-electron chi connectivity index (χ1n) is 6.85. The summed E-state index contributed by atoms with van der Waals surface area (Å²) in [6.07, 6.45) is 0. The monoisotopic (exact) mass is 311 g/mol. The van der Waals surface area contributed by atoms with Crippen molar-refractivity contribution in [2.75, 3.05) is 0 Å². The van der Waals surface area contributed by atoms with E-state index in [2.05, 4.69) is 19.2 Å². The van der Waals surface area contributed by atoms with Crippen molar-refractivity contribution in [2.45, 2.75) is 40.0 Å².